The molecule has 0 aliphatic carbocycles. The number of nitrogens with zero attached hydrogens (tertiary/aromatic N) is 2. The molecule has 2 aromatic carbocycles. The van der Waals surface area contributed by atoms with Crippen molar-refractivity contribution in [1.82, 2.24) is 14.6 Å². The second-order valence-electron chi connectivity index (χ2n) is 9.11. The van der Waals surface area contributed by atoms with Crippen molar-refractivity contribution in [2.24, 2.45) is 4.99 Å². The van der Waals surface area contributed by atoms with E-state index in [1.807, 2.05) is 18.2 Å². The van der Waals surface area contributed by atoms with E-state index in [1.165, 1.54) is 27.2 Å². The minimum atomic E-state index is -4.31. The zero-order valence-corrected chi connectivity index (χ0v) is 22.4. The van der Waals surface area contributed by atoms with E-state index in [-0.39, 0.29) is 5.75 Å². The first-order valence-corrected chi connectivity index (χ1v) is 13.5. The number of H-pyrrole nitrogens is 1. The lowest BCUT2D eigenvalue weighted by molar-refractivity contribution is -0.142. The molecule has 0 spiro atoms. The average molecular weight is 561 g/mol. The van der Waals surface area contributed by atoms with Crippen molar-refractivity contribution in [3.63, 3.8) is 0 Å². The number of ether oxygens (including phenoxy) is 2. The summed E-state index contributed by atoms with van der Waals surface area (Å²) in [5.41, 5.74) is -2.83. The number of aromatic amines is 1. The Morgan fingerprint density at radius 3 is 2.69 bits per heavy atom. The summed E-state index contributed by atoms with van der Waals surface area (Å²) in [7, 11) is -3.13. The van der Waals surface area contributed by atoms with Gasteiger partial charge in [-0.3, -0.25) is 28.7 Å². The van der Waals surface area contributed by atoms with Crippen LogP contribution in [0.4, 0.5) is 0 Å². The van der Waals surface area contributed by atoms with E-state index in [4.69, 9.17) is 18.5 Å². The number of nitrogens with one attached hydrogen (secondary N) is 2. The summed E-state index contributed by atoms with van der Waals surface area (Å²) in [6.07, 6.45) is -2.51. The van der Waals surface area contributed by atoms with Crippen molar-refractivity contribution in [2.75, 3.05) is 13.7 Å². The van der Waals surface area contributed by atoms with Crippen LogP contribution in [0.15, 0.2) is 69.3 Å². The van der Waals surface area contributed by atoms with E-state index in [9.17, 15) is 24.1 Å². The van der Waals surface area contributed by atoms with Crippen molar-refractivity contribution in [1.29, 1.82) is 0 Å². The molecule has 0 saturated carbocycles. The van der Waals surface area contributed by atoms with Crippen LogP contribution in [0.3, 0.4) is 0 Å². The maximum Gasteiger partial charge on any atom is 0.459 e. The van der Waals surface area contributed by atoms with Gasteiger partial charge in [0, 0.05) is 17.6 Å². The van der Waals surface area contributed by atoms with Crippen molar-refractivity contribution >= 4 is 31.2 Å². The number of aliphatic imine (C=N–C) groups is 1. The molecule has 6 atom stereocenters. The van der Waals surface area contributed by atoms with Crippen LogP contribution in [0.1, 0.15) is 20.1 Å². The quantitative estimate of drug-likeness (QED) is 0.189. The number of carbonyl (C=O) groups is 1. The standard InChI is InChI=1S/C25H29N4O9P/c1-15(22(32)35-4)28-39(34,38-18-11-7-9-16-8-5-6-10-17(16)18)36-14-19-21(31)25(2,26-3)23(37-19)29-13-12-20(30)27-24(29)33/h5-13,15,19,21,23,31H,3,14H2,1-2,4H3,(H,28,34)(H,27,30,33)/t15-,19+,21+,23+,25+,39?/m0/s1. The topological polar surface area (TPSA) is 171 Å². The van der Waals surface area contributed by atoms with Crippen LogP contribution >= 0.6 is 7.75 Å². The van der Waals surface area contributed by atoms with Crippen molar-refractivity contribution < 1.29 is 33.0 Å². The van der Waals surface area contributed by atoms with Gasteiger partial charge in [0.05, 0.1) is 13.7 Å². The van der Waals surface area contributed by atoms with Gasteiger partial charge in [-0.15, -0.1) is 0 Å². The first-order valence-electron chi connectivity index (χ1n) is 11.9. The number of hydrogen-bond acceptors (Lipinski definition) is 10. The summed E-state index contributed by atoms with van der Waals surface area (Å²) in [5, 5.41) is 15.1. The Bertz CT molecular complexity index is 1530. The molecule has 13 nitrogen and oxygen atoms in total. The number of aromatic nitrogens is 2. The number of hydrogen-bond donors (Lipinski definition) is 3. The van der Waals surface area contributed by atoms with E-state index >= 15 is 0 Å². The summed E-state index contributed by atoms with van der Waals surface area (Å²) in [4.78, 5) is 42.1. The molecule has 4 rings (SSSR count). The highest BCUT2D eigenvalue weighted by atomic mass is 31.2. The van der Waals surface area contributed by atoms with Crippen LogP contribution in [0.2, 0.25) is 0 Å². The Morgan fingerprint density at radius 2 is 2.00 bits per heavy atom. The molecule has 208 valence electrons. The number of fused-ring (bicyclic) bond motifs is 1. The highest BCUT2D eigenvalue weighted by Crippen LogP contribution is 2.48. The van der Waals surface area contributed by atoms with Crippen LogP contribution in [0.5, 0.6) is 5.75 Å². The maximum absolute atomic E-state index is 14.0. The molecule has 2 heterocycles. The number of aliphatic hydroxyl groups is 1. The van der Waals surface area contributed by atoms with Crippen LogP contribution < -0.4 is 20.9 Å². The van der Waals surface area contributed by atoms with Gasteiger partial charge in [0.25, 0.3) is 5.56 Å². The van der Waals surface area contributed by atoms with E-state index in [0.717, 1.165) is 16.0 Å². The molecule has 1 aliphatic heterocycles. The summed E-state index contributed by atoms with van der Waals surface area (Å²) >= 11 is 0. The Morgan fingerprint density at radius 1 is 1.28 bits per heavy atom. The lowest BCUT2D eigenvalue weighted by Crippen LogP contribution is -2.45. The van der Waals surface area contributed by atoms with Gasteiger partial charge < -0.3 is 19.1 Å². The third kappa shape index (κ3) is 5.72. The molecule has 39 heavy (non-hydrogen) atoms. The highest BCUT2D eigenvalue weighted by Gasteiger charge is 2.54. The van der Waals surface area contributed by atoms with Gasteiger partial charge in [0.2, 0.25) is 0 Å². The summed E-state index contributed by atoms with van der Waals surface area (Å²) in [5.74, 6) is -0.484. The van der Waals surface area contributed by atoms with Gasteiger partial charge in [-0.05, 0) is 32.0 Å². The Kier molecular flexibility index (Phi) is 8.19. The maximum atomic E-state index is 14.0. The summed E-state index contributed by atoms with van der Waals surface area (Å²) in [6, 6.07) is 12.4. The van der Waals surface area contributed by atoms with E-state index in [2.05, 4.69) is 21.8 Å². The molecular formula is C25H29N4O9P. The van der Waals surface area contributed by atoms with E-state index < -0.39 is 61.6 Å². The van der Waals surface area contributed by atoms with Gasteiger partial charge in [-0.2, -0.15) is 5.09 Å². The SMILES string of the molecule is C=N[C@]1(C)[C@H](O)[C@@H](COP(=O)(N[C@@H](C)C(=O)OC)Oc2cccc3ccccc23)O[C@H]1n1ccc(=O)[nH]c1=O. The molecule has 1 fully saturated rings. The molecule has 0 amide bonds. The second-order valence-corrected chi connectivity index (χ2v) is 10.8. The van der Waals surface area contributed by atoms with Gasteiger partial charge in [-0.1, -0.05) is 36.4 Å². The number of benzene rings is 2. The molecule has 3 N–H and O–H groups in total. The monoisotopic (exact) mass is 560 g/mol. The van der Waals surface area contributed by atoms with E-state index in [0.29, 0.717) is 5.39 Å². The number of carbonyl (C=O) groups excluding carboxylic acids is 1. The fourth-order valence-corrected chi connectivity index (χ4v) is 5.82. The second kappa shape index (κ2) is 11.2. The molecular weight excluding hydrogens is 531 g/mol. The predicted molar refractivity (Wildman–Crippen MR) is 142 cm³/mol. The molecule has 1 aliphatic rings. The number of aliphatic hydroxyl groups excluding tert-OH is 1. The molecule has 1 unspecified atom stereocenters. The Balaban J connectivity index is 1.62. The number of methoxy groups -OCH3 is 1. The fraction of sp³-hybridized carbons (Fsp3) is 0.360. The van der Waals surface area contributed by atoms with Gasteiger partial charge in [-0.25, -0.2) is 9.36 Å². The third-order valence-electron chi connectivity index (χ3n) is 6.48. The van der Waals surface area contributed by atoms with E-state index in [1.54, 1.807) is 24.3 Å². The lowest BCUT2D eigenvalue weighted by atomic mass is 9.93. The molecule has 1 saturated heterocycles. The molecule has 3 aromatic rings. The molecule has 0 bridgehead atoms. The predicted octanol–water partition coefficient (Wildman–Crippen LogP) is 1.76. The molecule has 0 radical (unpaired) electrons. The fourth-order valence-electron chi connectivity index (χ4n) is 4.29. The van der Waals surface area contributed by atoms with Crippen LogP contribution in [-0.4, -0.2) is 64.8 Å². The zero-order chi connectivity index (χ0) is 28.4. The Labute approximate surface area is 223 Å². The van der Waals surface area contributed by atoms with Gasteiger partial charge >= 0.3 is 19.4 Å². The van der Waals surface area contributed by atoms with Crippen LogP contribution in [0, 0.1) is 0 Å². The minimum Gasteiger partial charge on any atom is -0.468 e. The smallest absolute Gasteiger partial charge is 0.459 e. The highest BCUT2D eigenvalue weighted by molar-refractivity contribution is 7.52. The molecule has 14 heteroatoms. The average Bonchev–Trinajstić information content (AvgIpc) is 3.17. The zero-order valence-electron chi connectivity index (χ0n) is 21.5. The molecule has 1 aromatic heterocycles. The van der Waals surface area contributed by atoms with Crippen molar-refractivity contribution in [3.8, 4) is 5.75 Å². The number of rotatable bonds is 10. The minimum absolute atomic E-state index is 0.226. The largest absolute Gasteiger partial charge is 0.468 e. The van der Waals surface area contributed by atoms with Gasteiger partial charge in [0.1, 0.15) is 29.5 Å². The lowest BCUT2D eigenvalue weighted by Gasteiger charge is -2.28. The van der Waals surface area contributed by atoms with Crippen LogP contribution in [-0.2, 0) is 23.4 Å². The van der Waals surface area contributed by atoms with Crippen molar-refractivity contribution in [3.05, 3.63) is 75.6 Å². The normalized spacial score (nSPS) is 25.1. The van der Waals surface area contributed by atoms with Crippen LogP contribution in [0.25, 0.3) is 10.8 Å². The first-order chi connectivity index (χ1) is 18.5. The third-order valence-corrected chi connectivity index (χ3v) is 8.11. The summed E-state index contributed by atoms with van der Waals surface area (Å²) in [6.45, 7) is 5.96. The number of esters is 1. The first kappa shape index (κ1) is 28.4. The van der Waals surface area contributed by atoms with Crippen molar-refractivity contribution in [2.45, 2.75) is 43.9 Å². The summed E-state index contributed by atoms with van der Waals surface area (Å²) < 4.78 is 37.2. The van der Waals surface area contributed by atoms with Gasteiger partial charge in [0.15, 0.2) is 6.23 Å². The Hall–Kier alpha value is -3.61.